The van der Waals surface area contributed by atoms with Gasteiger partial charge in [0.15, 0.2) is 0 Å². The third-order valence-corrected chi connectivity index (χ3v) is 5.33. The van der Waals surface area contributed by atoms with E-state index in [1.165, 1.54) is 26.2 Å². The van der Waals surface area contributed by atoms with E-state index < -0.39 is 16.1 Å². The number of anilines is 1. The second-order valence-electron chi connectivity index (χ2n) is 5.43. The van der Waals surface area contributed by atoms with Gasteiger partial charge >= 0.3 is 0 Å². The molecule has 1 heterocycles. The van der Waals surface area contributed by atoms with Crippen LogP contribution in [0.15, 0.2) is 23.1 Å². The number of halogens is 1. The summed E-state index contributed by atoms with van der Waals surface area (Å²) in [5.74, 6) is -0.0701. The maximum Gasteiger partial charge on any atom is 0.254 e. The van der Waals surface area contributed by atoms with Gasteiger partial charge in [-0.15, -0.1) is 12.4 Å². The summed E-state index contributed by atoms with van der Waals surface area (Å²) in [5, 5.41) is 5.76. The standard InChI is InChI=1S/C15H23N3O5S.ClH/c1-4-22-12-6-5-11(9-14(12)24(20,21)18(2)3)17-15(19)13-10-16-7-8-23-13;/h5-6,9,13,16H,4,7-8,10H2,1-3H3,(H,17,19);1H. The molecule has 1 aromatic carbocycles. The number of hydrogen-bond acceptors (Lipinski definition) is 6. The Kier molecular flexibility index (Phi) is 8.10. The van der Waals surface area contributed by atoms with Gasteiger partial charge in [-0.1, -0.05) is 0 Å². The van der Waals surface area contributed by atoms with Gasteiger partial charge in [-0.3, -0.25) is 4.79 Å². The van der Waals surface area contributed by atoms with Crippen LogP contribution in [0, 0.1) is 0 Å². The normalized spacial score (nSPS) is 17.7. The minimum atomic E-state index is -3.70. The number of nitrogens with one attached hydrogen (secondary N) is 2. The Morgan fingerprint density at radius 1 is 1.44 bits per heavy atom. The minimum absolute atomic E-state index is 0. The van der Waals surface area contributed by atoms with E-state index in [1.54, 1.807) is 13.0 Å². The van der Waals surface area contributed by atoms with E-state index >= 15 is 0 Å². The van der Waals surface area contributed by atoms with Crippen molar-refractivity contribution in [3.63, 3.8) is 0 Å². The highest BCUT2D eigenvalue weighted by atomic mass is 35.5. The van der Waals surface area contributed by atoms with E-state index in [-0.39, 0.29) is 29.0 Å². The van der Waals surface area contributed by atoms with Gasteiger partial charge in [0, 0.05) is 32.9 Å². The maximum atomic E-state index is 12.5. The molecule has 0 bridgehead atoms. The second-order valence-corrected chi connectivity index (χ2v) is 7.56. The lowest BCUT2D eigenvalue weighted by molar-refractivity contribution is -0.128. The van der Waals surface area contributed by atoms with Crippen molar-refractivity contribution in [1.82, 2.24) is 9.62 Å². The number of amides is 1. The number of sulfonamides is 1. The molecule has 1 saturated heterocycles. The van der Waals surface area contributed by atoms with Gasteiger partial charge in [0.05, 0.1) is 13.2 Å². The van der Waals surface area contributed by atoms with Crippen LogP contribution in [-0.4, -0.2) is 65.1 Å². The first-order valence-electron chi connectivity index (χ1n) is 7.68. The molecule has 0 radical (unpaired) electrons. The van der Waals surface area contributed by atoms with Crippen molar-refractivity contribution in [2.24, 2.45) is 0 Å². The fourth-order valence-electron chi connectivity index (χ4n) is 2.22. The van der Waals surface area contributed by atoms with Crippen LogP contribution in [0.3, 0.4) is 0 Å². The number of rotatable bonds is 6. The molecule has 1 aromatic rings. The third kappa shape index (κ3) is 5.29. The van der Waals surface area contributed by atoms with Gasteiger partial charge in [0.25, 0.3) is 5.91 Å². The van der Waals surface area contributed by atoms with Gasteiger partial charge in [0.2, 0.25) is 10.0 Å². The second kappa shape index (κ2) is 9.35. The van der Waals surface area contributed by atoms with Crippen molar-refractivity contribution in [3.8, 4) is 5.75 Å². The number of hydrogen-bond donors (Lipinski definition) is 2. The van der Waals surface area contributed by atoms with Gasteiger partial charge in [0.1, 0.15) is 16.7 Å². The number of carbonyl (C=O) groups is 1. The topological polar surface area (TPSA) is 97.0 Å². The van der Waals surface area contributed by atoms with Crippen molar-refractivity contribution >= 4 is 34.0 Å². The minimum Gasteiger partial charge on any atom is -0.492 e. The molecule has 1 aliphatic rings. The monoisotopic (exact) mass is 393 g/mol. The van der Waals surface area contributed by atoms with Gasteiger partial charge < -0.3 is 20.1 Å². The Morgan fingerprint density at radius 3 is 2.72 bits per heavy atom. The first-order chi connectivity index (χ1) is 11.4. The first-order valence-corrected chi connectivity index (χ1v) is 9.12. The van der Waals surface area contributed by atoms with Gasteiger partial charge in [-0.2, -0.15) is 0 Å². The molecule has 1 aliphatic heterocycles. The lowest BCUT2D eigenvalue weighted by atomic mass is 10.2. The molecule has 25 heavy (non-hydrogen) atoms. The van der Waals surface area contributed by atoms with Crippen molar-refractivity contribution in [1.29, 1.82) is 0 Å². The summed E-state index contributed by atoms with van der Waals surface area (Å²) in [7, 11) is -0.815. The number of carbonyl (C=O) groups excluding carboxylic acids is 1. The number of nitrogens with zero attached hydrogens (tertiary/aromatic N) is 1. The van der Waals surface area contributed by atoms with Crippen LogP contribution < -0.4 is 15.4 Å². The highest BCUT2D eigenvalue weighted by Crippen LogP contribution is 2.29. The SMILES string of the molecule is CCOc1ccc(NC(=O)C2CNCCO2)cc1S(=O)(=O)N(C)C.Cl. The van der Waals surface area contributed by atoms with Crippen LogP contribution in [-0.2, 0) is 19.6 Å². The molecule has 2 N–H and O–H groups in total. The largest absolute Gasteiger partial charge is 0.492 e. The molecule has 10 heteroatoms. The van der Waals surface area contributed by atoms with Crippen molar-refractivity contribution in [3.05, 3.63) is 18.2 Å². The zero-order chi connectivity index (χ0) is 17.7. The fourth-order valence-corrected chi connectivity index (χ4v) is 3.27. The summed E-state index contributed by atoms with van der Waals surface area (Å²) in [4.78, 5) is 12.2. The molecular formula is C15H24ClN3O5S. The van der Waals surface area contributed by atoms with Crippen LogP contribution in [0.5, 0.6) is 5.75 Å². The van der Waals surface area contributed by atoms with E-state index in [1.807, 2.05) is 0 Å². The van der Waals surface area contributed by atoms with Crippen LogP contribution >= 0.6 is 12.4 Å². The summed E-state index contributed by atoms with van der Waals surface area (Å²) < 4.78 is 36.8. The molecule has 1 fully saturated rings. The van der Waals surface area contributed by atoms with E-state index in [0.29, 0.717) is 32.0 Å². The van der Waals surface area contributed by atoms with Crippen molar-refractivity contribution in [2.45, 2.75) is 17.9 Å². The smallest absolute Gasteiger partial charge is 0.254 e. The zero-order valence-electron chi connectivity index (χ0n) is 14.4. The summed E-state index contributed by atoms with van der Waals surface area (Å²) in [6.45, 7) is 3.70. The number of morpholine rings is 1. The molecule has 142 valence electrons. The van der Waals surface area contributed by atoms with E-state index in [4.69, 9.17) is 9.47 Å². The zero-order valence-corrected chi connectivity index (χ0v) is 16.1. The van der Waals surface area contributed by atoms with Gasteiger partial charge in [-0.05, 0) is 25.1 Å². The van der Waals surface area contributed by atoms with E-state index in [2.05, 4.69) is 10.6 Å². The molecule has 0 aromatic heterocycles. The molecule has 2 rings (SSSR count). The Bertz CT molecular complexity index is 690. The molecule has 0 saturated carbocycles. The molecule has 8 nitrogen and oxygen atoms in total. The van der Waals surface area contributed by atoms with Gasteiger partial charge in [-0.25, -0.2) is 12.7 Å². The summed E-state index contributed by atoms with van der Waals surface area (Å²) in [6.07, 6.45) is -0.598. The van der Waals surface area contributed by atoms with Crippen LogP contribution in [0.1, 0.15) is 6.92 Å². The Balaban J connectivity index is 0.00000312. The summed E-state index contributed by atoms with van der Waals surface area (Å²) >= 11 is 0. The quantitative estimate of drug-likeness (QED) is 0.737. The van der Waals surface area contributed by atoms with Crippen LogP contribution in [0.2, 0.25) is 0 Å². The molecule has 1 unspecified atom stereocenters. The molecule has 1 atom stereocenters. The molecular weight excluding hydrogens is 370 g/mol. The Morgan fingerprint density at radius 2 is 2.16 bits per heavy atom. The predicted octanol–water partition coefficient (Wildman–Crippen LogP) is 0.684. The lowest BCUT2D eigenvalue weighted by Gasteiger charge is -2.23. The van der Waals surface area contributed by atoms with E-state index in [9.17, 15) is 13.2 Å². The molecule has 0 spiro atoms. The Hall–Kier alpha value is -1.39. The summed E-state index contributed by atoms with van der Waals surface area (Å²) in [5.41, 5.74) is 0.373. The lowest BCUT2D eigenvalue weighted by Crippen LogP contribution is -2.45. The van der Waals surface area contributed by atoms with Crippen molar-refractivity contribution in [2.75, 3.05) is 45.7 Å². The number of ether oxygens (including phenoxy) is 2. The summed E-state index contributed by atoms with van der Waals surface area (Å²) in [6, 6.07) is 4.54. The first kappa shape index (κ1) is 21.7. The predicted molar refractivity (Wildman–Crippen MR) is 97.0 cm³/mol. The average Bonchev–Trinajstić information content (AvgIpc) is 2.57. The highest BCUT2D eigenvalue weighted by Gasteiger charge is 2.25. The molecule has 1 amide bonds. The van der Waals surface area contributed by atoms with E-state index in [0.717, 1.165) is 4.31 Å². The average molecular weight is 394 g/mol. The Labute approximate surface area is 154 Å². The number of benzene rings is 1. The molecule has 0 aliphatic carbocycles. The van der Waals surface area contributed by atoms with Crippen LogP contribution in [0.25, 0.3) is 0 Å². The third-order valence-electron chi connectivity index (χ3n) is 3.49. The van der Waals surface area contributed by atoms with Crippen molar-refractivity contribution < 1.29 is 22.7 Å². The maximum absolute atomic E-state index is 12.5. The fraction of sp³-hybridized carbons (Fsp3) is 0.533. The highest BCUT2D eigenvalue weighted by molar-refractivity contribution is 7.89. The van der Waals surface area contributed by atoms with Crippen LogP contribution in [0.4, 0.5) is 5.69 Å².